The van der Waals surface area contributed by atoms with Crippen LogP contribution < -0.4 is 10.5 Å². The average molecular weight is 302 g/mol. The number of sulfonamides is 1. The quantitative estimate of drug-likeness (QED) is 0.644. The molecule has 1 aromatic carbocycles. The van der Waals surface area contributed by atoms with Gasteiger partial charge >= 0.3 is 0 Å². The lowest BCUT2D eigenvalue weighted by Crippen LogP contribution is -2.37. The summed E-state index contributed by atoms with van der Waals surface area (Å²) in [4.78, 5) is -0.205. The Hall–Kier alpha value is -1.60. The summed E-state index contributed by atoms with van der Waals surface area (Å²) in [6.07, 6.45) is 1.47. The lowest BCUT2D eigenvalue weighted by atomic mass is 10.3. The summed E-state index contributed by atoms with van der Waals surface area (Å²) in [5.41, 5.74) is 5.55. The molecule has 7 heteroatoms. The standard InChI is InChI=1S/C13H19FN2O3S/c1-5-6-16(9(2)3)20(17,18)10-7-11(14)13(19-4)12(15)8-10/h5,7-9H,1,6,15H2,2-4H3. The van der Waals surface area contributed by atoms with Crippen molar-refractivity contribution in [3.63, 3.8) is 0 Å². The van der Waals surface area contributed by atoms with Gasteiger partial charge in [-0.1, -0.05) is 6.08 Å². The van der Waals surface area contributed by atoms with Crippen LogP contribution in [0.1, 0.15) is 13.8 Å². The Bertz CT molecular complexity index is 577. The van der Waals surface area contributed by atoms with E-state index in [1.54, 1.807) is 13.8 Å². The van der Waals surface area contributed by atoms with Gasteiger partial charge in [-0.15, -0.1) is 6.58 Å². The summed E-state index contributed by atoms with van der Waals surface area (Å²) in [5, 5.41) is 0. The summed E-state index contributed by atoms with van der Waals surface area (Å²) in [6.45, 7) is 7.11. The molecule has 2 N–H and O–H groups in total. The third kappa shape index (κ3) is 3.10. The highest BCUT2D eigenvalue weighted by Crippen LogP contribution is 2.30. The molecule has 0 saturated heterocycles. The number of rotatable bonds is 6. The molecule has 0 aromatic heterocycles. The summed E-state index contributed by atoms with van der Waals surface area (Å²) >= 11 is 0. The van der Waals surface area contributed by atoms with E-state index < -0.39 is 15.8 Å². The van der Waals surface area contributed by atoms with Crippen molar-refractivity contribution in [3.8, 4) is 5.75 Å². The Kier molecular flexibility index (Phi) is 5.13. The van der Waals surface area contributed by atoms with Crippen molar-refractivity contribution in [1.29, 1.82) is 0 Å². The minimum absolute atomic E-state index is 0.0617. The van der Waals surface area contributed by atoms with Gasteiger partial charge in [0.25, 0.3) is 0 Å². The Morgan fingerprint density at radius 3 is 2.50 bits per heavy atom. The van der Waals surface area contributed by atoms with Crippen LogP contribution in [0.25, 0.3) is 0 Å². The Morgan fingerprint density at radius 2 is 2.10 bits per heavy atom. The van der Waals surface area contributed by atoms with Crippen LogP contribution in [0, 0.1) is 5.82 Å². The maximum atomic E-state index is 13.8. The molecule has 5 nitrogen and oxygen atoms in total. The molecule has 112 valence electrons. The van der Waals surface area contributed by atoms with E-state index in [0.717, 1.165) is 6.07 Å². The number of nitrogens with two attached hydrogens (primary N) is 1. The summed E-state index contributed by atoms with van der Waals surface area (Å²) in [5.74, 6) is -0.975. The molecule has 0 aliphatic carbocycles. The lowest BCUT2D eigenvalue weighted by molar-refractivity contribution is 0.379. The normalized spacial score (nSPS) is 11.9. The third-order valence-electron chi connectivity index (χ3n) is 2.74. The number of nitrogens with zero attached hydrogens (tertiary/aromatic N) is 1. The van der Waals surface area contributed by atoms with Crippen LogP contribution in [0.3, 0.4) is 0 Å². The zero-order valence-corrected chi connectivity index (χ0v) is 12.6. The van der Waals surface area contributed by atoms with E-state index in [4.69, 9.17) is 10.5 Å². The molecule has 20 heavy (non-hydrogen) atoms. The van der Waals surface area contributed by atoms with Gasteiger partial charge in [-0.25, -0.2) is 12.8 Å². The van der Waals surface area contributed by atoms with Crippen molar-refractivity contribution < 1.29 is 17.5 Å². The summed E-state index contributed by atoms with van der Waals surface area (Å²) in [7, 11) is -2.58. The first-order chi connectivity index (χ1) is 9.25. The van der Waals surface area contributed by atoms with E-state index in [2.05, 4.69) is 6.58 Å². The fourth-order valence-electron chi connectivity index (χ4n) is 1.80. The van der Waals surface area contributed by atoms with E-state index in [1.165, 1.54) is 23.6 Å². The predicted octanol–water partition coefficient (Wildman–Crippen LogP) is 2.00. The monoisotopic (exact) mass is 302 g/mol. The van der Waals surface area contributed by atoms with E-state index in [9.17, 15) is 12.8 Å². The fraction of sp³-hybridized carbons (Fsp3) is 0.385. The third-order valence-corrected chi connectivity index (χ3v) is 4.76. The van der Waals surface area contributed by atoms with Crippen LogP contribution in [-0.2, 0) is 10.0 Å². The maximum Gasteiger partial charge on any atom is 0.243 e. The Morgan fingerprint density at radius 1 is 1.50 bits per heavy atom. The van der Waals surface area contributed by atoms with Gasteiger partial charge in [-0.05, 0) is 26.0 Å². The Balaban J connectivity index is 3.38. The van der Waals surface area contributed by atoms with Crippen molar-refractivity contribution in [3.05, 3.63) is 30.6 Å². The second-order valence-corrected chi connectivity index (χ2v) is 6.38. The first-order valence-corrected chi connectivity index (χ1v) is 7.45. The first-order valence-electron chi connectivity index (χ1n) is 6.01. The van der Waals surface area contributed by atoms with Crippen LogP contribution in [0.4, 0.5) is 10.1 Å². The van der Waals surface area contributed by atoms with Gasteiger partial charge in [0.05, 0.1) is 17.7 Å². The number of hydrogen-bond acceptors (Lipinski definition) is 4. The topological polar surface area (TPSA) is 72.6 Å². The molecule has 0 atom stereocenters. The molecule has 0 aliphatic rings. The van der Waals surface area contributed by atoms with Crippen LogP contribution in [0.2, 0.25) is 0 Å². The van der Waals surface area contributed by atoms with Gasteiger partial charge in [0, 0.05) is 12.6 Å². The molecule has 0 aliphatic heterocycles. The van der Waals surface area contributed by atoms with Gasteiger partial charge in [0.15, 0.2) is 11.6 Å². The highest BCUT2D eigenvalue weighted by molar-refractivity contribution is 7.89. The second kappa shape index (κ2) is 6.23. The van der Waals surface area contributed by atoms with Gasteiger partial charge in [-0.3, -0.25) is 0 Å². The van der Waals surface area contributed by atoms with Crippen LogP contribution in [0.15, 0.2) is 29.7 Å². The summed E-state index contributed by atoms with van der Waals surface area (Å²) in [6, 6.07) is 1.81. The smallest absolute Gasteiger partial charge is 0.243 e. The van der Waals surface area contributed by atoms with E-state index in [-0.39, 0.29) is 28.9 Å². The zero-order valence-electron chi connectivity index (χ0n) is 11.8. The molecule has 0 saturated carbocycles. The molecule has 0 bridgehead atoms. The molecule has 0 heterocycles. The average Bonchev–Trinajstić information content (AvgIpc) is 2.34. The second-order valence-electron chi connectivity index (χ2n) is 4.48. The highest BCUT2D eigenvalue weighted by atomic mass is 32.2. The van der Waals surface area contributed by atoms with Crippen LogP contribution >= 0.6 is 0 Å². The van der Waals surface area contributed by atoms with Crippen molar-refractivity contribution in [2.24, 2.45) is 0 Å². The number of anilines is 1. The molecular formula is C13H19FN2O3S. The van der Waals surface area contributed by atoms with Gasteiger partial charge in [-0.2, -0.15) is 4.31 Å². The SMILES string of the molecule is C=CCN(C(C)C)S(=O)(=O)c1cc(N)c(OC)c(F)c1. The fourth-order valence-corrected chi connectivity index (χ4v) is 3.46. The van der Waals surface area contributed by atoms with Crippen molar-refractivity contribution in [2.45, 2.75) is 24.8 Å². The molecule has 0 spiro atoms. The van der Waals surface area contributed by atoms with Crippen molar-refractivity contribution in [2.75, 3.05) is 19.4 Å². The summed E-state index contributed by atoms with van der Waals surface area (Å²) < 4.78 is 44.7. The van der Waals surface area contributed by atoms with Crippen molar-refractivity contribution >= 4 is 15.7 Å². The molecule has 0 radical (unpaired) electrons. The van der Waals surface area contributed by atoms with Gasteiger partial charge in [0.1, 0.15) is 0 Å². The molecular weight excluding hydrogens is 283 g/mol. The van der Waals surface area contributed by atoms with Crippen LogP contribution in [0.5, 0.6) is 5.75 Å². The highest BCUT2D eigenvalue weighted by Gasteiger charge is 2.27. The molecule has 0 fully saturated rings. The molecule has 0 amide bonds. The number of halogens is 1. The molecule has 1 aromatic rings. The largest absolute Gasteiger partial charge is 0.492 e. The molecule has 0 unspecified atom stereocenters. The van der Waals surface area contributed by atoms with E-state index >= 15 is 0 Å². The van der Waals surface area contributed by atoms with Gasteiger partial charge < -0.3 is 10.5 Å². The van der Waals surface area contributed by atoms with Gasteiger partial charge in [0.2, 0.25) is 10.0 Å². The number of methoxy groups -OCH3 is 1. The number of benzene rings is 1. The van der Waals surface area contributed by atoms with E-state index in [1.807, 2.05) is 0 Å². The zero-order chi connectivity index (χ0) is 15.5. The number of nitrogen functional groups attached to an aromatic ring is 1. The van der Waals surface area contributed by atoms with E-state index in [0.29, 0.717) is 0 Å². The number of hydrogen-bond donors (Lipinski definition) is 1. The first kappa shape index (κ1) is 16.5. The lowest BCUT2D eigenvalue weighted by Gasteiger charge is -2.24. The number of ether oxygens (including phenoxy) is 1. The minimum atomic E-state index is -3.85. The molecule has 1 rings (SSSR count). The minimum Gasteiger partial charge on any atom is -0.492 e. The predicted molar refractivity (Wildman–Crippen MR) is 76.6 cm³/mol. The van der Waals surface area contributed by atoms with Crippen LogP contribution in [-0.4, -0.2) is 32.4 Å². The maximum absolute atomic E-state index is 13.8. The van der Waals surface area contributed by atoms with Crippen molar-refractivity contribution in [1.82, 2.24) is 4.31 Å². The Labute approximate surface area is 118 Å².